The molecule has 0 spiro atoms. The largest absolute Gasteiger partial charge is 0.212 e. The van der Waals surface area contributed by atoms with Crippen LogP contribution in [0.3, 0.4) is 0 Å². The summed E-state index contributed by atoms with van der Waals surface area (Å²) in [5, 5.41) is 0. The number of aromatic nitrogens is 1. The van der Waals surface area contributed by atoms with Gasteiger partial charge in [-0.25, -0.2) is 4.57 Å². The van der Waals surface area contributed by atoms with Crippen molar-refractivity contribution in [2.75, 3.05) is 0 Å². The molecule has 0 aliphatic heterocycles. The lowest BCUT2D eigenvalue weighted by Gasteiger charge is -2.23. The third kappa shape index (κ3) is 2.77. The van der Waals surface area contributed by atoms with Gasteiger partial charge in [-0.2, -0.15) is 0 Å². The first-order valence-electron chi connectivity index (χ1n) is 7.28. The number of hydrogen-bond acceptors (Lipinski definition) is 0. The molecule has 106 valence electrons. The molecule has 0 N–H and O–H groups in total. The van der Waals surface area contributed by atoms with Crippen LogP contribution in [0.1, 0.15) is 43.0 Å². The van der Waals surface area contributed by atoms with Crippen molar-refractivity contribution in [3.63, 3.8) is 0 Å². The zero-order chi connectivity index (χ0) is 15.1. The van der Waals surface area contributed by atoms with Crippen LogP contribution in [0.15, 0.2) is 30.5 Å². The zero-order valence-corrected chi connectivity index (χ0v) is 13.8. The summed E-state index contributed by atoms with van der Waals surface area (Å²) in [6, 6.07) is 9.09. The molecule has 2 aromatic rings. The fourth-order valence-corrected chi connectivity index (χ4v) is 2.96. The summed E-state index contributed by atoms with van der Waals surface area (Å²) >= 11 is 0. The van der Waals surface area contributed by atoms with Gasteiger partial charge in [-0.1, -0.05) is 26.8 Å². The molecule has 0 radical (unpaired) electrons. The van der Waals surface area contributed by atoms with Crippen LogP contribution >= 0.6 is 0 Å². The quantitative estimate of drug-likeness (QED) is 0.675. The third-order valence-corrected chi connectivity index (χ3v) is 3.94. The monoisotopic (exact) mass is 268 g/mol. The highest BCUT2D eigenvalue weighted by Gasteiger charge is 2.20. The standard InChI is InChI=1S/C19H26N/c1-13-8-9-18(20(7)12-13)16-11-17(19(4,5)6)15(3)10-14(16)2/h8-12H,1-7H3/q+1. The summed E-state index contributed by atoms with van der Waals surface area (Å²) in [5.74, 6) is 0. The van der Waals surface area contributed by atoms with Gasteiger partial charge in [0.1, 0.15) is 7.05 Å². The van der Waals surface area contributed by atoms with Gasteiger partial charge in [0.15, 0.2) is 6.20 Å². The van der Waals surface area contributed by atoms with Crippen molar-refractivity contribution in [3.8, 4) is 11.3 Å². The summed E-state index contributed by atoms with van der Waals surface area (Å²) in [7, 11) is 2.12. The van der Waals surface area contributed by atoms with Crippen molar-refractivity contribution in [2.24, 2.45) is 7.05 Å². The van der Waals surface area contributed by atoms with Gasteiger partial charge < -0.3 is 0 Å². The SMILES string of the molecule is Cc1ccc(-c2cc(C(C)(C)C)c(C)cc2C)[n+](C)c1. The Morgan fingerprint density at radius 3 is 2.10 bits per heavy atom. The highest BCUT2D eigenvalue weighted by atomic mass is 14.9. The van der Waals surface area contributed by atoms with Crippen molar-refractivity contribution < 1.29 is 4.57 Å². The summed E-state index contributed by atoms with van der Waals surface area (Å²) < 4.78 is 2.22. The second-order valence-electron chi connectivity index (χ2n) is 6.93. The van der Waals surface area contributed by atoms with E-state index < -0.39 is 0 Å². The molecule has 1 nitrogen and oxygen atoms in total. The van der Waals surface area contributed by atoms with Gasteiger partial charge in [0, 0.05) is 17.2 Å². The first-order valence-corrected chi connectivity index (χ1v) is 7.28. The van der Waals surface area contributed by atoms with Crippen LogP contribution in [-0.2, 0) is 12.5 Å². The minimum absolute atomic E-state index is 0.176. The van der Waals surface area contributed by atoms with E-state index in [0.29, 0.717) is 0 Å². The Balaban J connectivity index is 2.68. The lowest BCUT2D eigenvalue weighted by atomic mass is 9.81. The molecule has 0 aliphatic carbocycles. The van der Waals surface area contributed by atoms with Gasteiger partial charge in [-0.05, 0) is 55.0 Å². The number of aryl methyl sites for hydroxylation is 4. The Kier molecular flexibility index (Phi) is 3.73. The maximum atomic E-state index is 2.37. The highest BCUT2D eigenvalue weighted by Crippen LogP contribution is 2.31. The van der Waals surface area contributed by atoms with Crippen molar-refractivity contribution in [3.05, 3.63) is 52.7 Å². The van der Waals surface area contributed by atoms with Crippen molar-refractivity contribution in [1.82, 2.24) is 0 Å². The molecule has 0 fully saturated rings. The Morgan fingerprint density at radius 1 is 0.900 bits per heavy atom. The molecule has 0 atom stereocenters. The lowest BCUT2D eigenvalue weighted by Crippen LogP contribution is -2.31. The molecule has 1 heterocycles. The Hall–Kier alpha value is -1.63. The number of nitrogens with zero attached hydrogens (tertiary/aromatic N) is 1. The van der Waals surface area contributed by atoms with Crippen LogP contribution < -0.4 is 4.57 Å². The first kappa shape index (κ1) is 14.8. The maximum Gasteiger partial charge on any atom is 0.212 e. The van der Waals surface area contributed by atoms with E-state index in [1.54, 1.807) is 0 Å². The second kappa shape index (κ2) is 5.05. The van der Waals surface area contributed by atoms with E-state index in [0.717, 1.165) is 0 Å². The fraction of sp³-hybridized carbons (Fsp3) is 0.421. The van der Waals surface area contributed by atoms with Crippen molar-refractivity contribution in [2.45, 2.75) is 47.0 Å². The summed E-state index contributed by atoms with van der Waals surface area (Å²) in [6.07, 6.45) is 2.19. The normalized spacial score (nSPS) is 11.8. The number of hydrogen-bond donors (Lipinski definition) is 0. The molecule has 0 amide bonds. The van der Waals surface area contributed by atoms with E-state index >= 15 is 0 Å². The predicted molar refractivity (Wildman–Crippen MR) is 86.0 cm³/mol. The molecule has 0 bridgehead atoms. The molecule has 2 rings (SSSR count). The Bertz CT molecular complexity index is 646. The molecular formula is C19H26N+. The van der Waals surface area contributed by atoms with Gasteiger partial charge in [-0.3, -0.25) is 0 Å². The number of benzene rings is 1. The van der Waals surface area contributed by atoms with E-state index in [2.05, 4.69) is 83.6 Å². The Morgan fingerprint density at radius 2 is 1.55 bits per heavy atom. The van der Waals surface area contributed by atoms with Crippen LogP contribution in [0.4, 0.5) is 0 Å². The molecule has 1 heteroatoms. The van der Waals surface area contributed by atoms with Crippen LogP contribution in [0, 0.1) is 20.8 Å². The Labute approximate surface area is 123 Å². The van der Waals surface area contributed by atoms with Crippen LogP contribution in [0.25, 0.3) is 11.3 Å². The smallest absolute Gasteiger partial charge is 0.201 e. The predicted octanol–water partition coefficient (Wildman–Crippen LogP) is 4.40. The number of rotatable bonds is 1. The molecule has 20 heavy (non-hydrogen) atoms. The van der Waals surface area contributed by atoms with E-state index in [-0.39, 0.29) is 5.41 Å². The fourth-order valence-electron chi connectivity index (χ4n) is 2.96. The number of pyridine rings is 1. The van der Waals surface area contributed by atoms with Crippen molar-refractivity contribution >= 4 is 0 Å². The van der Waals surface area contributed by atoms with Gasteiger partial charge in [0.05, 0.1) is 0 Å². The molecule has 1 aromatic heterocycles. The second-order valence-corrected chi connectivity index (χ2v) is 6.93. The zero-order valence-electron chi connectivity index (χ0n) is 13.8. The van der Waals surface area contributed by atoms with E-state index in [9.17, 15) is 0 Å². The van der Waals surface area contributed by atoms with Gasteiger partial charge >= 0.3 is 0 Å². The highest BCUT2D eigenvalue weighted by molar-refractivity contribution is 5.64. The third-order valence-electron chi connectivity index (χ3n) is 3.94. The summed E-state index contributed by atoms with van der Waals surface area (Å²) in [5.41, 5.74) is 8.23. The maximum absolute atomic E-state index is 2.37. The van der Waals surface area contributed by atoms with Crippen LogP contribution in [0.2, 0.25) is 0 Å². The van der Waals surface area contributed by atoms with E-state index in [1.807, 2.05) is 0 Å². The average molecular weight is 268 g/mol. The van der Waals surface area contributed by atoms with Crippen molar-refractivity contribution in [1.29, 1.82) is 0 Å². The average Bonchev–Trinajstić information content (AvgIpc) is 2.28. The minimum atomic E-state index is 0.176. The molecule has 1 aromatic carbocycles. The first-order chi connectivity index (χ1) is 9.20. The minimum Gasteiger partial charge on any atom is -0.201 e. The molecule has 0 unspecified atom stereocenters. The molecule has 0 saturated heterocycles. The van der Waals surface area contributed by atoms with Gasteiger partial charge in [0.25, 0.3) is 0 Å². The van der Waals surface area contributed by atoms with Crippen LogP contribution in [-0.4, -0.2) is 0 Å². The van der Waals surface area contributed by atoms with Gasteiger partial charge in [-0.15, -0.1) is 0 Å². The topological polar surface area (TPSA) is 3.88 Å². The van der Waals surface area contributed by atoms with Gasteiger partial charge in [0.2, 0.25) is 5.69 Å². The lowest BCUT2D eigenvalue weighted by molar-refractivity contribution is -0.660. The molecular weight excluding hydrogens is 242 g/mol. The summed E-state index contributed by atoms with van der Waals surface area (Å²) in [6.45, 7) is 13.4. The molecule has 0 saturated carbocycles. The van der Waals surface area contributed by atoms with Crippen LogP contribution in [0.5, 0.6) is 0 Å². The molecule has 0 aliphatic rings. The van der Waals surface area contributed by atoms with E-state index in [1.165, 1.54) is 33.5 Å². The van der Waals surface area contributed by atoms with E-state index in [4.69, 9.17) is 0 Å². The summed E-state index contributed by atoms with van der Waals surface area (Å²) in [4.78, 5) is 0.